The van der Waals surface area contributed by atoms with Gasteiger partial charge in [-0.25, -0.2) is 0 Å². The van der Waals surface area contributed by atoms with Gasteiger partial charge in [0.15, 0.2) is 0 Å². The van der Waals surface area contributed by atoms with Crippen LogP contribution in [-0.4, -0.2) is 61.0 Å². The van der Waals surface area contributed by atoms with E-state index in [0.717, 1.165) is 19.5 Å². The van der Waals surface area contributed by atoms with Gasteiger partial charge in [-0.15, -0.1) is 0 Å². The number of carbonyl (C=O) groups is 2. The number of morpholine rings is 1. The first-order valence-electron chi connectivity index (χ1n) is 9.25. The van der Waals surface area contributed by atoms with Crippen LogP contribution >= 0.6 is 0 Å². The van der Waals surface area contributed by atoms with E-state index in [9.17, 15) is 9.59 Å². The Morgan fingerprint density at radius 3 is 2.40 bits per heavy atom. The quantitative estimate of drug-likeness (QED) is 0.842. The Bertz CT molecular complexity index is 638. The van der Waals surface area contributed by atoms with Gasteiger partial charge in [0.05, 0.1) is 13.2 Å². The summed E-state index contributed by atoms with van der Waals surface area (Å²) >= 11 is 0. The number of rotatable bonds is 4. The lowest BCUT2D eigenvalue weighted by molar-refractivity contribution is -0.139. The summed E-state index contributed by atoms with van der Waals surface area (Å²) in [6, 6.07) is 6.56. The molecule has 2 heterocycles. The highest BCUT2D eigenvalue weighted by atomic mass is 16.5. The second-order valence-corrected chi connectivity index (χ2v) is 7.18. The lowest BCUT2D eigenvalue weighted by Gasteiger charge is -2.27. The van der Waals surface area contributed by atoms with E-state index < -0.39 is 0 Å². The minimum absolute atomic E-state index is 0.0711. The molecular weight excluding hydrogens is 316 g/mol. The molecule has 0 N–H and O–H groups in total. The molecule has 0 aromatic heterocycles. The van der Waals surface area contributed by atoms with Crippen LogP contribution in [0.1, 0.15) is 41.9 Å². The van der Waals surface area contributed by atoms with Crippen molar-refractivity contribution in [1.82, 2.24) is 9.80 Å². The number of nitrogens with zero attached hydrogens (tertiary/aromatic N) is 2. The molecule has 2 aliphatic heterocycles. The molecule has 5 nitrogen and oxygen atoms in total. The first-order valence-corrected chi connectivity index (χ1v) is 9.25. The molecule has 0 saturated carbocycles. The molecule has 0 bridgehead atoms. The molecule has 0 aliphatic carbocycles. The fraction of sp³-hybridized carbons (Fsp3) is 0.600. The molecule has 1 atom stereocenters. The number of carbonyl (C=O) groups excluding carboxylic acids is 2. The molecule has 1 aromatic carbocycles. The topological polar surface area (TPSA) is 49.9 Å². The molecule has 1 unspecified atom stereocenters. The largest absolute Gasteiger partial charge is 0.378 e. The van der Waals surface area contributed by atoms with Gasteiger partial charge in [0.1, 0.15) is 0 Å². The van der Waals surface area contributed by atoms with Crippen LogP contribution in [0, 0.1) is 13.8 Å². The van der Waals surface area contributed by atoms with Gasteiger partial charge in [0.2, 0.25) is 11.8 Å². The van der Waals surface area contributed by atoms with Crippen molar-refractivity contribution < 1.29 is 14.3 Å². The molecule has 0 radical (unpaired) electrons. The fourth-order valence-electron chi connectivity index (χ4n) is 3.87. The highest BCUT2D eigenvalue weighted by Gasteiger charge is 2.28. The Kier molecular flexibility index (Phi) is 5.74. The van der Waals surface area contributed by atoms with E-state index in [1.54, 1.807) is 4.90 Å². The van der Waals surface area contributed by atoms with Crippen molar-refractivity contribution in [1.29, 1.82) is 0 Å². The third-order valence-electron chi connectivity index (χ3n) is 5.32. The van der Waals surface area contributed by atoms with Crippen molar-refractivity contribution in [2.24, 2.45) is 0 Å². The SMILES string of the molecule is Cc1ccc(C2CCN(C(=O)CCC(=O)N3CCOCC3)C2)c(C)c1. The number of hydrogen-bond donors (Lipinski definition) is 0. The first-order chi connectivity index (χ1) is 12.0. The second kappa shape index (κ2) is 8.00. The van der Waals surface area contributed by atoms with Crippen LogP contribution in [0.2, 0.25) is 0 Å². The first kappa shape index (κ1) is 17.9. The summed E-state index contributed by atoms with van der Waals surface area (Å²) in [6.07, 6.45) is 1.63. The van der Waals surface area contributed by atoms with E-state index in [1.807, 2.05) is 4.90 Å². The van der Waals surface area contributed by atoms with Gasteiger partial charge in [-0.3, -0.25) is 9.59 Å². The van der Waals surface area contributed by atoms with Crippen LogP contribution in [0.15, 0.2) is 18.2 Å². The number of hydrogen-bond acceptors (Lipinski definition) is 3. The summed E-state index contributed by atoms with van der Waals surface area (Å²) in [4.78, 5) is 28.4. The van der Waals surface area contributed by atoms with E-state index in [0.29, 0.717) is 45.1 Å². The molecule has 136 valence electrons. The van der Waals surface area contributed by atoms with Gasteiger partial charge in [-0.2, -0.15) is 0 Å². The van der Waals surface area contributed by atoms with Gasteiger partial charge in [-0.05, 0) is 31.4 Å². The second-order valence-electron chi connectivity index (χ2n) is 7.18. The van der Waals surface area contributed by atoms with Crippen molar-refractivity contribution in [2.45, 2.75) is 39.0 Å². The van der Waals surface area contributed by atoms with Crippen molar-refractivity contribution in [3.63, 3.8) is 0 Å². The van der Waals surface area contributed by atoms with E-state index >= 15 is 0 Å². The summed E-state index contributed by atoms with van der Waals surface area (Å²) < 4.78 is 5.26. The van der Waals surface area contributed by atoms with E-state index in [4.69, 9.17) is 4.74 Å². The maximum Gasteiger partial charge on any atom is 0.223 e. The smallest absolute Gasteiger partial charge is 0.223 e. The Balaban J connectivity index is 1.49. The highest BCUT2D eigenvalue weighted by Crippen LogP contribution is 2.30. The predicted octanol–water partition coefficient (Wildman–Crippen LogP) is 2.26. The van der Waals surface area contributed by atoms with Crippen LogP contribution in [0.4, 0.5) is 0 Å². The normalized spacial score (nSPS) is 20.8. The highest BCUT2D eigenvalue weighted by molar-refractivity contribution is 5.84. The molecular formula is C20H28N2O3. The third-order valence-corrected chi connectivity index (χ3v) is 5.32. The third kappa shape index (κ3) is 4.40. The van der Waals surface area contributed by atoms with Crippen LogP contribution in [0.3, 0.4) is 0 Å². The summed E-state index contributed by atoms with van der Waals surface area (Å²) in [6.45, 7) is 8.31. The molecule has 2 amide bonds. The molecule has 3 rings (SSSR count). The van der Waals surface area contributed by atoms with Crippen LogP contribution in [0.5, 0.6) is 0 Å². The lowest BCUT2D eigenvalue weighted by Crippen LogP contribution is -2.41. The van der Waals surface area contributed by atoms with Crippen molar-refractivity contribution in [3.05, 3.63) is 34.9 Å². The van der Waals surface area contributed by atoms with Gasteiger partial charge in [0, 0.05) is 44.9 Å². The summed E-state index contributed by atoms with van der Waals surface area (Å²) in [5.74, 6) is 0.593. The van der Waals surface area contributed by atoms with Gasteiger partial charge < -0.3 is 14.5 Å². The molecule has 25 heavy (non-hydrogen) atoms. The predicted molar refractivity (Wildman–Crippen MR) is 96.5 cm³/mol. The Labute approximate surface area is 149 Å². The van der Waals surface area contributed by atoms with E-state index in [2.05, 4.69) is 32.0 Å². The molecule has 1 aromatic rings. The van der Waals surface area contributed by atoms with Crippen molar-refractivity contribution >= 4 is 11.8 Å². The average molecular weight is 344 g/mol. The Hall–Kier alpha value is -1.88. The Morgan fingerprint density at radius 1 is 1.04 bits per heavy atom. The maximum absolute atomic E-state index is 12.5. The number of benzene rings is 1. The van der Waals surface area contributed by atoms with Crippen molar-refractivity contribution in [2.75, 3.05) is 39.4 Å². The fourth-order valence-corrected chi connectivity index (χ4v) is 3.87. The van der Waals surface area contributed by atoms with Crippen LogP contribution < -0.4 is 0 Å². The summed E-state index contributed by atoms with van der Waals surface area (Å²) in [5.41, 5.74) is 3.93. The number of amides is 2. The standard InChI is InChI=1S/C20H28N2O3/c1-15-3-4-18(16(2)13-15)17-7-8-22(14-17)20(24)6-5-19(23)21-9-11-25-12-10-21/h3-4,13,17H,5-12,14H2,1-2H3. The summed E-state index contributed by atoms with van der Waals surface area (Å²) in [5, 5.41) is 0. The van der Waals surface area contributed by atoms with Crippen molar-refractivity contribution in [3.8, 4) is 0 Å². The Morgan fingerprint density at radius 2 is 1.72 bits per heavy atom. The summed E-state index contributed by atoms with van der Waals surface area (Å²) in [7, 11) is 0. The van der Waals surface area contributed by atoms with E-state index in [-0.39, 0.29) is 11.8 Å². The zero-order valence-electron chi connectivity index (χ0n) is 15.3. The lowest BCUT2D eigenvalue weighted by atomic mass is 9.93. The minimum Gasteiger partial charge on any atom is -0.378 e. The molecule has 2 saturated heterocycles. The zero-order valence-corrected chi connectivity index (χ0v) is 15.3. The van der Waals surface area contributed by atoms with Crippen LogP contribution in [-0.2, 0) is 14.3 Å². The monoisotopic (exact) mass is 344 g/mol. The minimum atomic E-state index is 0.0711. The number of ether oxygens (including phenoxy) is 1. The molecule has 2 fully saturated rings. The molecule has 0 spiro atoms. The number of likely N-dealkylation sites (tertiary alicyclic amines) is 1. The van der Waals surface area contributed by atoms with Gasteiger partial charge >= 0.3 is 0 Å². The average Bonchev–Trinajstić information content (AvgIpc) is 3.10. The molecule has 2 aliphatic rings. The zero-order chi connectivity index (χ0) is 17.8. The van der Waals surface area contributed by atoms with Gasteiger partial charge in [-0.1, -0.05) is 23.8 Å². The van der Waals surface area contributed by atoms with Crippen LogP contribution in [0.25, 0.3) is 0 Å². The number of aryl methyl sites for hydroxylation is 2. The molecule has 5 heteroatoms. The van der Waals surface area contributed by atoms with E-state index in [1.165, 1.54) is 16.7 Å². The van der Waals surface area contributed by atoms with Gasteiger partial charge in [0.25, 0.3) is 0 Å². The maximum atomic E-state index is 12.5.